The molecule has 0 unspecified atom stereocenters. The highest BCUT2D eigenvalue weighted by Crippen LogP contribution is 2.34. The van der Waals surface area contributed by atoms with Gasteiger partial charge in [0.05, 0.1) is 0 Å². The molecule has 0 aromatic heterocycles. The van der Waals surface area contributed by atoms with E-state index in [0.717, 1.165) is 13.1 Å². The van der Waals surface area contributed by atoms with Crippen molar-refractivity contribution in [2.45, 2.75) is 6.42 Å². The molecule has 2 aliphatic heterocycles. The summed E-state index contributed by atoms with van der Waals surface area (Å²) < 4.78 is 0. The van der Waals surface area contributed by atoms with Crippen LogP contribution >= 0.6 is 0 Å². The van der Waals surface area contributed by atoms with E-state index >= 15 is 0 Å². The Morgan fingerprint density at radius 1 is 1.44 bits per heavy atom. The fraction of sp³-hybridized carbons (Fsp3) is 0.857. The Balaban J connectivity index is 2.09. The first-order valence-electron chi connectivity index (χ1n) is 3.49. The number of Topliss-reactive ketones (excluding diaryl/α,β-unsaturated/α-hetero) is 1. The quantitative estimate of drug-likeness (QED) is 0.459. The highest BCUT2D eigenvalue weighted by molar-refractivity contribution is 5.90. The number of hydrogen-bond acceptors (Lipinski definition) is 2. The zero-order valence-corrected chi connectivity index (χ0v) is 5.63. The van der Waals surface area contributed by atoms with Crippen molar-refractivity contribution in [1.29, 1.82) is 0 Å². The third kappa shape index (κ3) is 0.628. The van der Waals surface area contributed by atoms with E-state index in [0.29, 0.717) is 17.6 Å². The Labute approximate surface area is 54.8 Å². The average molecular weight is 125 g/mol. The zero-order chi connectivity index (χ0) is 6.43. The van der Waals surface area contributed by atoms with Gasteiger partial charge in [0, 0.05) is 24.9 Å². The molecule has 0 spiro atoms. The van der Waals surface area contributed by atoms with Gasteiger partial charge >= 0.3 is 0 Å². The maximum Gasteiger partial charge on any atom is 0.141 e. The molecular formula is C7H11NO. The van der Waals surface area contributed by atoms with E-state index in [1.165, 1.54) is 6.42 Å². The molecule has 2 heterocycles. The monoisotopic (exact) mass is 125 g/mol. The maximum absolute atomic E-state index is 11.0. The molecule has 1 aliphatic carbocycles. The van der Waals surface area contributed by atoms with Gasteiger partial charge in [0.15, 0.2) is 0 Å². The Morgan fingerprint density at radius 3 is 2.33 bits per heavy atom. The topological polar surface area (TPSA) is 20.3 Å². The van der Waals surface area contributed by atoms with E-state index in [1.807, 2.05) is 0 Å². The number of carbonyl (C=O) groups is 1. The molecule has 9 heavy (non-hydrogen) atoms. The normalized spacial score (nSPS) is 42.6. The number of piperidine rings is 2. The maximum atomic E-state index is 11.0. The Bertz CT molecular complexity index is 141. The molecule has 3 rings (SSSR count). The van der Waals surface area contributed by atoms with E-state index in [4.69, 9.17) is 0 Å². The lowest BCUT2D eigenvalue weighted by atomic mass is 9.70. The van der Waals surface area contributed by atoms with Crippen molar-refractivity contribution in [3.8, 4) is 0 Å². The Morgan fingerprint density at radius 2 is 2.00 bits per heavy atom. The van der Waals surface area contributed by atoms with Crippen LogP contribution in [0.5, 0.6) is 0 Å². The highest BCUT2D eigenvalue weighted by Gasteiger charge is 2.44. The minimum Gasteiger partial charge on any atom is -0.305 e. The molecule has 50 valence electrons. The zero-order valence-electron chi connectivity index (χ0n) is 5.63. The molecule has 0 amide bonds. The van der Waals surface area contributed by atoms with Gasteiger partial charge in [-0.1, -0.05) is 0 Å². The summed E-state index contributed by atoms with van der Waals surface area (Å²) in [6.07, 6.45) is 1.17. The summed E-state index contributed by atoms with van der Waals surface area (Å²) in [7, 11) is 2.09. The first kappa shape index (κ1) is 5.42. The number of carbonyl (C=O) groups excluding carboxylic acids is 1. The molecule has 0 N–H and O–H groups in total. The minimum absolute atomic E-state index is 0.411. The predicted molar refractivity (Wildman–Crippen MR) is 34.1 cm³/mol. The molecule has 2 bridgehead atoms. The number of ketones is 1. The van der Waals surface area contributed by atoms with Crippen LogP contribution in [0, 0.1) is 11.8 Å². The van der Waals surface area contributed by atoms with Gasteiger partial charge in [-0.05, 0) is 13.5 Å². The highest BCUT2D eigenvalue weighted by atomic mass is 16.1. The van der Waals surface area contributed by atoms with Crippen LogP contribution in [-0.2, 0) is 4.79 Å². The van der Waals surface area contributed by atoms with E-state index < -0.39 is 0 Å². The van der Waals surface area contributed by atoms with Gasteiger partial charge < -0.3 is 4.90 Å². The van der Waals surface area contributed by atoms with Crippen LogP contribution in [0.15, 0.2) is 0 Å². The summed E-state index contributed by atoms with van der Waals surface area (Å²) in [4.78, 5) is 13.2. The van der Waals surface area contributed by atoms with Crippen molar-refractivity contribution >= 4 is 5.78 Å². The third-order valence-electron chi connectivity index (χ3n) is 2.44. The predicted octanol–water partition coefficient (Wildman–Crippen LogP) is 0.137. The van der Waals surface area contributed by atoms with Gasteiger partial charge in [0.25, 0.3) is 0 Å². The second kappa shape index (κ2) is 1.57. The summed E-state index contributed by atoms with van der Waals surface area (Å²) in [5, 5.41) is 0. The van der Waals surface area contributed by atoms with Gasteiger partial charge in [-0.2, -0.15) is 0 Å². The fourth-order valence-corrected chi connectivity index (χ4v) is 1.90. The molecule has 2 saturated heterocycles. The summed E-state index contributed by atoms with van der Waals surface area (Å²) >= 11 is 0. The second-order valence-electron chi connectivity index (χ2n) is 3.25. The fourth-order valence-electron chi connectivity index (χ4n) is 1.90. The van der Waals surface area contributed by atoms with Crippen LogP contribution < -0.4 is 0 Å². The van der Waals surface area contributed by atoms with Crippen LogP contribution in [0.1, 0.15) is 6.42 Å². The largest absolute Gasteiger partial charge is 0.305 e. The van der Waals surface area contributed by atoms with E-state index in [9.17, 15) is 4.79 Å². The van der Waals surface area contributed by atoms with Crippen molar-refractivity contribution < 1.29 is 4.79 Å². The summed E-state index contributed by atoms with van der Waals surface area (Å²) in [5.74, 6) is 1.34. The van der Waals surface area contributed by atoms with Gasteiger partial charge in [-0.3, -0.25) is 4.79 Å². The standard InChI is InChI=1S/C7H11NO/c1-8-3-5-2-6(4-8)7(5)9/h5-6H,2-4H2,1H3/t5-,6-/m1/s1. The van der Waals surface area contributed by atoms with Gasteiger partial charge in [-0.15, -0.1) is 0 Å². The molecule has 2 atom stereocenters. The van der Waals surface area contributed by atoms with E-state index in [1.54, 1.807) is 0 Å². The first-order chi connectivity index (χ1) is 4.27. The molecule has 0 radical (unpaired) electrons. The van der Waals surface area contributed by atoms with Gasteiger partial charge in [0.1, 0.15) is 5.78 Å². The minimum atomic E-state index is 0.411. The molecule has 0 aromatic rings. The Kier molecular flexibility index (Phi) is 0.943. The van der Waals surface area contributed by atoms with Crippen molar-refractivity contribution in [2.75, 3.05) is 20.1 Å². The lowest BCUT2D eigenvalue weighted by Crippen LogP contribution is -2.54. The van der Waals surface area contributed by atoms with Crippen molar-refractivity contribution in [3.05, 3.63) is 0 Å². The van der Waals surface area contributed by atoms with Crippen molar-refractivity contribution in [1.82, 2.24) is 4.90 Å². The van der Waals surface area contributed by atoms with E-state index in [-0.39, 0.29) is 0 Å². The second-order valence-corrected chi connectivity index (χ2v) is 3.25. The number of nitrogens with zero attached hydrogens (tertiary/aromatic N) is 1. The SMILES string of the molecule is CN1C[C@H]2C[C@H](C1)C2=O. The molecule has 0 aromatic carbocycles. The number of rotatable bonds is 0. The van der Waals surface area contributed by atoms with Crippen molar-refractivity contribution in [3.63, 3.8) is 0 Å². The molecule has 3 aliphatic rings. The first-order valence-corrected chi connectivity index (χ1v) is 3.49. The van der Waals surface area contributed by atoms with Gasteiger partial charge in [0.2, 0.25) is 0 Å². The molecule has 2 heteroatoms. The van der Waals surface area contributed by atoms with Crippen molar-refractivity contribution in [2.24, 2.45) is 11.8 Å². The van der Waals surface area contributed by atoms with Crippen LogP contribution in [-0.4, -0.2) is 30.8 Å². The van der Waals surface area contributed by atoms with Crippen LogP contribution in [0.3, 0.4) is 0 Å². The summed E-state index contributed by atoms with van der Waals surface area (Å²) in [6, 6.07) is 0. The summed E-state index contributed by atoms with van der Waals surface area (Å²) in [6.45, 7) is 2.02. The number of hydrogen-bond donors (Lipinski definition) is 0. The van der Waals surface area contributed by atoms with E-state index in [2.05, 4.69) is 11.9 Å². The Hall–Kier alpha value is -0.370. The smallest absolute Gasteiger partial charge is 0.141 e. The van der Waals surface area contributed by atoms with Gasteiger partial charge in [-0.25, -0.2) is 0 Å². The summed E-state index contributed by atoms with van der Waals surface area (Å²) in [5.41, 5.74) is 0. The molecular weight excluding hydrogens is 114 g/mol. The molecule has 1 saturated carbocycles. The lowest BCUT2D eigenvalue weighted by Gasteiger charge is -2.43. The average Bonchev–Trinajstić information content (AvgIpc) is 1.87. The van der Waals surface area contributed by atoms with Crippen LogP contribution in [0.25, 0.3) is 0 Å². The third-order valence-corrected chi connectivity index (χ3v) is 2.44. The van der Waals surface area contributed by atoms with Crippen LogP contribution in [0.2, 0.25) is 0 Å². The van der Waals surface area contributed by atoms with Crippen LogP contribution in [0.4, 0.5) is 0 Å². The number of fused-ring (bicyclic) bond motifs is 2. The molecule has 3 fully saturated rings. The molecule has 2 nitrogen and oxygen atoms in total. The lowest BCUT2D eigenvalue weighted by molar-refractivity contribution is -0.142.